The van der Waals surface area contributed by atoms with Crippen LogP contribution in [0.2, 0.25) is 0 Å². The van der Waals surface area contributed by atoms with Crippen LogP contribution in [0, 0.1) is 6.92 Å². The normalized spacial score (nSPS) is 10.7. The van der Waals surface area contributed by atoms with Gasteiger partial charge in [-0.05, 0) is 35.0 Å². The zero-order valence-corrected chi connectivity index (χ0v) is 12.8. The van der Waals surface area contributed by atoms with Crippen LogP contribution < -0.4 is 10.9 Å². The van der Waals surface area contributed by atoms with Crippen molar-refractivity contribution < 1.29 is 5.11 Å². The van der Waals surface area contributed by atoms with Gasteiger partial charge in [-0.25, -0.2) is 4.68 Å². The molecule has 2 heterocycles. The van der Waals surface area contributed by atoms with E-state index in [1.807, 2.05) is 0 Å². The van der Waals surface area contributed by atoms with E-state index in [0.717, 1.165) is 0 Å². The summed E-state index contributed by atoms with van der Waals surface area (Å²) in [5.74, 6) is 0. The summed E-state index contributed by atoms with van der Waals surface area (Å²) >= 11 is 4.98. The molecular weight excluding hydrogens is 330 g/mol. The zero-order valence-electron chi connectivity index (χ0n) is 10.4. The second-order valence-electron chi connectivity index (χ2n) is 3.99. The van der Waals surface area contributed by atoms with Crippen molar-refractivity contribution in [2.45, 2.75) is 20.0 Å². The molecule has 7 heteroatoms. The third-order valence-electron chi connectivity index (χ3n) is 2.55. The van der Waals surface area contributed by atoms with Crippen molar-refractivity contribution in [3.63, 3.8) is 0 Å². The van der Waals surface area contributed by atoms with Gasteiger partial charge >= 0.3 is 0 Å². The van der Waals surface area contributed by atoms with E-state index in [0.29, 0.717) is 16.7 Å². The molecule has 5 nitrogen and oxygen atoms in total. The molecule has 0 radical (unpaired) electrons. The molecule has 19 heavy (non-hydrogen) atoms. The van der Waals surface area contributed by atoms with Gasteiger partial charge < -0.3 is 10.4 Å². The van der Waals surface area contributed by atoms with Crippen LogP contribution in [0.4, 0.5) is 5.69 Å². The second-order valence-corrected chi connectivity index (χ2v) is 6.16. The van der Waals surface area contributed by atoms with Gasteiger partial charge in [0, 0.05) is 16.3 Å². The van der Waals surface area contributed by atoms with Crippen LogP contribution in [-0.2, 0) is 13.1 Å². The molecule has 2 rings (SSSR count). The summed E-state index contributed by atoms with van der Waals surface area (Å²) in [6, 6.07) is 4.12. The number of nitrogens with zero attached hydrogens (tertiary/aromatic N) is 2. The molecule has 0 spiro atoms. The van der Waals surface area contributed by atoms with Crippen LogP contribution in [0.1, 0.15) is 9.75 Å². The number of aliphatic hydroxyl groups excluding tert-OH is 1. The van der Waals surface area contributed by atoms with Crippen molar-refractivity contribution in [2.24, 2.45) is 0 Å². The molecule has 2 aromatic heterocycles. The molecule has 0 unspecified atom stereocenters. The number of hydrogen-bond donors (Lipinski definition) is 2. The van der Waals surface area contributed by atoms with E-state index < -0.39 is 0 Å². The average molecular weight is 344 g/mol. The maximum absolute atomic E-state index is 11.9. The number of halogens is 1. The Morgan fingerprint density at radius 2 is 2.32 bits per heavy atom. The van der Waals surface area contributed by atoms with Crippen LogP contribution in [-0.4, -0.2) is 21.5 Å². The zero-order chi connectivity index (χ0) is 13.8. The Balaban J connectivity index is 2.13. The first-order valence-electron chi connectivity index (χ1n) is 5.77. The standard InChI is InChI=1S/C12H14BrN3O2S/c1-8-2-3-9(19-8)6-14-10-7-15-16(4-5-17)12(18)11(10)13/h2-3,7,14,17H,4-6H2,1H3. The lowest BCUT2D eigenvalue weighted by Gasteiger charge is -2.09. The minimum absolute atomic E-state index is 0.111. The van der Waals surface area contributed by atoms with Crippen molar-refractivity contribution in [3.8, 4) is 0 Å². The quantitative estimate of drug-likeness (QED) is 0.871. The van der Waals surface area contributed by atoms with Crippen molar-refractivity contribution in [3.05, 3.63) is 42.9 Å². The third-order valence-corrected chi connectivity index (χ3v) is 4.31. The molecule has 0 saturated heterocycles. The fraction of sp³-hybridized carbons (Fsp3) is 0.333. The van der Waals surface area contributed by atoms with E-state index in [2.05, 4.69) is 45.4 Å². The van der Waals surface area contributed by atoms with E-state index in [4.69, 9.17) is 5.11 Å². The van der Waals surface area contributed by atoms with Crippen LogP contribution in [0.15, 0.2) is 27.6 Å². The summed E-state index contributed by atoms with van der Waals surface area (Å²) < 4.78 is 1.66. The number of nitrogens with one attached hydrogen (secondary N) is 1. The summed E-state index contributed by atoms with van der Waals surface area (Å²) in [6.45, 7) is 2.80. The van der Waals surface area contributed by atoms with Crippen LogP contribution in [0.25, 0.3) is 0 Å². The highest BCUT2D eigenvalue weighted by Crippen LogP contribution is 2.20. The van der Waals surface area contributed by atoms with Crippen molar-refractivity contribution >= 4 is 33.0 Å². The Hall–Kier alpha value is -1.18. The molecule has 102 valence electrons. The molecule has 0 atom stereocenters. The van der Waals surface area contributed by atoms with Crippen molar-refractivity contribution in [1.29, 1.82) is 0 Å². The number of aryl methyl sites for hydroxylation is 1. The van der Waals surface area contributed by atoms with Crippen LogP contribution in [0.5, 0.6) is 0 Å². The van der Waals surface area contributed by atoms with Gasteiger partial charge in [0.15, 0.2) is 0 Å². The Kier molecular flexibility index (Phi) is 4.73. The van der Waals surface area contributed by atoms with E-state index in [9.17, 15) is 4.79 Å². The Labute approximate surface area is 123 Å². The second kappa shape index (κ2) is 6.31. The number of aliphatic hydroxyl groups is 1. The first-order valence-corrected chi connectivity index (χ1v) is 7.38. The summed E-state index contributed by atoms with van der Waals surface area (Å²) in [4.78, 5) is 14.4. The molecule has 2 aromatic rings. The lowest BCUT2D eigenvalue weighted by Crippen LogP contribution is -2.25. The smallest absolute Gasteiger partial charge is 0.283 e. The fourth-order valence-corrected chi connectivity index (χ4v) is 2.88. The van der Waals surface area contributed by atoms with Gasteiger partial charge in [-0.2, -0.15) is 5.10 Å². The molecular formula is C12H14BrN3O2S. The molecule has 0 amide bonds. The molecule has 0 aliphatic rings. The van der Waals surface area contributed by atoms with E-state index in [-0.39, 0.29) is 18.7 Å². The lowest BCUT2D eigenvalue weighted by atomic mass is 10.4. The number of rotatable bonds is 5. The highest BCUT2D eigenvalue weighted by Gasteiger charge is 2.08. The van der Waals surface area contributed by atoms with Crippen LogP contribution in [0.3, 0.4) is 0 Å². The SMILES string of the molecule is Cc1ccc(CNc2cnn(CCO)c(=O)c2Br)s1. The van der Waals surface area contributed by atoms with Gasteiger partial charge in [-0.3, -0.25) is 4.79 Å². The summed E-state index contributed by atoms with van der Waals surface area (Å²) in [7, 11) is 0. The Bertz CT molecular complexity index is 624. The largest absolute Gasteiger partial charge is 0.394 e. The molecule has 2 N–H and O–H groups in total. The van der Waals surface area contributed by atoms with Crippen LogP contribution >= 0.6 is 27.3 Å². The lowest BCUT2D eigenvalue weighted by molar-refractivity contribution is 0.266. The highest BCUT2D eigenvalue weighted by atomic mass is 79.9. The van der Waals surface area contributed by atoms with Crippen molar-refractivity contribution in [2.75, 3.05) is 11.9 Å². The molecule has 0 aromatic carbocycles. The minimum Gasteiger partial charge on any atom is -0.394 e. The van der Waals surface area contributed by atoms with Gasteiger partial charge in [0.05, 0.1) is 25.0 Å². The average Bonchev–Trinajstić information content (AvgIpc) is 2.80. The van der Waals surface area contributed by atoms with E-state index in [1.54, 1.807) is 17.5 Å². The maximum Gasteiger partial charge on any atom is 0.283 e. The highest BCUT2D eigenvalue weighted by molar-refractivity contribution is 9.10. The molecule has 0 aliphatic heterocycles. The Morgan fingerprint density at radius 3 is 2.95 bits per heavy atom. The van der Waals surface area contributed by atoms with Gasteiger partial charge in [0.1, 0.15) is 4.47 Å². The molecule has 0 saturated carbocycles. The summed E-state index contributed by atoms with van der Waals surface area (Å²) in [5, 5.41) is 16.0. The topological polar surface area (TPSA) is 67.2 Å². The predicted octanol–water partition coefficient (Wildman–Crippen LogP) is 1.98. The summed E-state index contributed by atoms with van der Waals surface area (Å²) in [5.41, 5.74) is 0.409. The fourth-order valence-electron chi connectivity index (χ4n) is 1.60. The number of hydrogen-bond acceptors (Lipinski definition) is 5. The van der Waals surface area contributed by atoms with Gasteiger partial charge in [0.2, 0.25) is 0 Å². The van der Waals surface area contributed by atoms with E-state index in [1.165, 1.54) is 14.4 Å². The number of anilines is 1. The van der Waals surface area contributed by atoms with Gasteiger partial charge in [-0.15, -0.1) is 11.3 Å². The monoisotopic (exact) mass is 343 g/mol. The Morgan fingerprint density at radius 1 is 1.53 bits per heavy atom. The van der Waals surface area contributed by atoms with Gasteiger partial charge in [0.25, 0.3) is 5.56 Å². The van der Waals surface area contributed by atoms with Crippen molar-refractivity contribution in [1.82, 2.24) is 9.78 Å². The first kappa shape index (κ1) is 14.2. The molecule has 0 bridgehead atoms. The first-order chi connectivity index (χ1) is 9.11. The van der Waals surface area contributed by atoms with E-state index >= 15 is 0 Å². The summed E-state index contributed by atoms with van der Waals surface area (Å²) in [6.07, 6.45) is 1.58. The van der Waals surface area contributed by atoms with Gasteiger partial charge in [-0.1, -0.05) is 0 Å². The molecule has 0 fully saturated rings. The molecule has 0 aliphatic carbocycles. The third kappa shape index (κ3) is 3.43. The predicted molar refractivity (Wildman–Crippen MR) is 79.7 cm³/mol. The number of thiophene rings is 1. The number of aromatic nitrogens is 2. The minimum atomic E-state index is -0.249. The maximum atomic E-state index is 11.9.